The average Bonchev–Trinajstić information content (AvgIpc) is 3.16. The van der Waals surface area contributed by atoms with Crippen molar-refractivity contribution in [1.82, 2.24) is 10.2 Å². The first kappa shape index (κ1) is 17.7. The maximum Gasteiger partial charge on any atom is 0.272 e. The third-order valence-corrected chi connectivity index (χ3v) is 4.54. The van der Waals surface area contributed by atoms with Crippen molar-refractivity contribution in [3.63, 3.8) is 0 Å². The van der Waals surface area contributed by atoms with Crippen molar-refractivity contribution in [3.8, 4) is 0 Å². The highest BCUT2D eigenvalue weighted by atomic mass is 16.6. The number of furan rings is 1. The van der Waals surface area contributed by atoms with Crippen molar-refractivity contribution in [2.75, 3.05) is 13.1 Å². The van der Waals surface area contributed by atoms with E-state index in [4.69, 9.17) is 4.42 Å². The number of benzene rings is 1. The molecule has 2 aromatic rings. The van der Waals surface area contributed by atoms with Crippen LogP contribution in [0.5, 0.6) is 0 Å². The lowest BCUT2D eigenvalue weighted by atomic mass is 10.0. The number of amides is 2. The number of nitrogens with one attached hydrogen (secondary N) is 1. The Morgan fingerprint density at radius 2 is 1.96 bits per heavy atom. The van der Waals surface area contributed by atoms with Gasteiger partial charge in [0.25, 0.3) is 17.5 Å². The first-order valence-corrected chi connectivity index (χ1v) is 8.33. The van der Waals surface area contributed by atoms with Gasteiger partial charge in [-0.2, -0.15) is 0 Å². The Balaban J connectivity index is 1.56. The minimum atomic E-state index is -0.468. The molecule has 1 aliphatic heterocycles. The first-order chi connectivity index (χ1) is 12.5. The van der Waals surface area contributed by atoms with Gasteiger partial charge in [0, 0.05) is 36.3 Å². The Bertz CT molecular complexity index is 823. The number of carbonyl (C=O) groups is 2. The molecule has 1 aliphatic rings. The summed E-state index contributed by atoms with van der Waals surface area (Å²) < 4.78 is 4.94. The van der Waals surface area contributed by atoms with E-state index in [0.29, 0.717) is 42.6 Å². The molecule has 1 fully saturated rings. The molecular weight excluding hydrogens is 338 g/mol. The number of rotatable bonds is 4. The van der Waals surface area contributed by atoms with Gasteiger partial charge in [-0.1, -0.05) is 0 Å². The van der Waals surface area contributed by atoms with Gasteiger partial charge in [0.15, 0.2) is 0 Å². The molecule has 2 heterocycles. The molecule has 0 atom stereocenters. The number of hydrogen-bond donors (Lipinski definition) is 1. The second-order valence-corrected chi connectivity index (χ2v) is 6.31. The Kier molecular flexibility index (Phi) is 5.01. The fourth-order valence-electron chi connectivity index (χ4n) is 3.07. The predicted molar refractivity (Wildman–Crippen MR) is 92.9 cm³/mol. The largest absolute Gasteiger partial charge is 0.472 e. The summed E-state index contributed by atoms with van der Waals surface area (Å²) >= 11 is 0. The molecule has 0 aliphatic carbocycles. The number of likely N-dealkylation sites (tertiary alicyclic amines) is 1. The smallest absolute Gasteiger partial charge is 0.272 e. The second kappa shape index (κ2) is 7.38. The lowest BCUT2D eigenvalue weighted by Gasteiger charge is -2.32. The molecule has 2 amide bonds. The summed E-state index contributed by atoms with van der Waals surface area (Å²) in [7, 11) is 0. The van der Waals surface area contributed by atoms with E-state index >= 15 is 0 Å². The van der Waals surface area contributed by atoms with Gasteiger partial charge in [-0.05, 0) is 38.0 Å². The molecule has 3 rings (SSSR count). The zero-order valence-electron chi connectivity index (χ0n) is 14.3. The van der Waals surface area contributed by atoms with Crippen LogP contribution < -0.4 is 5.32 Å². The molecule has 0 radical (unpaired) electrons. The molecule has 0 unspecified atom stereocenters. The van der Waals surface area contributed by atoms with Gasteiger partial charge in [-0.3, -0.25) is 19.7 Å². The third-order valence-electron chi connectivity index (χ3n) is 4.54. The van der Waals surface area contributed by atoms with Crippen LogP contribution in [0.3, 0.4) is 0 Å². The normalized spacial score (nSPS) is 14.9. The summed E-state index contributed by atoms with van der Waals surface area (Å²) in [6, 6.07) is 5.92. The lowest BCUT2D eigenvalue weighted by Crippen LogP contribution is -2.46. The van der Waals surface area contributed by atoms with Crippen LogP contribution in [0.2, 0.25) is 0 Å². The quantitative estimate of drug-likeness (QED) is 0.668. The molecule has 8 nitrogen and oxygen atoms in total. The van der Waals surface area contributed by atoms with Crippen molar-refractivity contribution in [2.24, 2.45) is 0 Å². The van der Waals surface area contributed by atoms with Crippen LogP contribution in [0, 0.1) is 17.0 Å². The van der Waals surface area contributed by atoms with E-state index in [1.54, 1.807) is 17.9 Å². The number of nitrogens with zero attached hydrogens (tertiary/aromatic N) is 2. The van der Waals surface area contributed by atoms with Gasteiger partial charge in [-0.25, -0.2) is 0 Å². The van der Waals surface area contributed by atoms with Crippen LogP contribution in [0.4, 0.5) is 5.69 Å². The van der Waals surface area contributed by atoms with Crippen LogP contribution in [-0.2, 0) is 0 Å². The zero-order valence-corrected chi connectivity index (χ0v) is 14.3. The highest BCUT2D eigenvalue weighted by Crippen LogP contribution is 2.20. The van der Waals surface area contributed by atoms with Crippen molar-refractivity contribution >= 4 is 17.5 Å². The van der Waals surface area contributed by atoms with Crippen molar-refractivity contribution in [1.29, 1.82) is 0 Å². The molecule has 136 valence electrons. The van der Waals surface area contributed by atoms with Crippen LogP contribution >= 0.6 is 0 Å². The van der Waals surface area contributed by atoms with E-state index in [1.165, 1.54) is 30.7 Å². The summed E-state index contributed by atoms with van der Waals surface area (Å²) in [5.41, 5.74) is 1.36. The Morgan fingerprint density at radius 1 is 1.23 bits per heavy atom. The first-order valence-electron chi connectivity index (χ1n) is 8.33. The average molecular weight is 357 g/mol. The number of piperidine rings is 1. The molecule has 26 heavy (non-hydrogen) atoms. The van der Waals surface area contributed by atoms with Crippen LogP contribution in [-0.4, -0.2) is 40.8 Å². The van der Waals surface area contributed by atoms with Gasteiger partial charge in [0.2, 0.25) is 0 Å². The van der Waals surface area contributed by atoms with Crippen LogP contribution in [0.25, 0.3) is 0 Å². The number of nitro benzene ring substituents is 1. The lowest BCUT2D eigenvalue weighted by molar-refractivity contribution is -0.385. The Hall–Kier alpha value is -3.16. The SMILES string of the molecule is Cc1cc(C(=O)NC2CCN(C(=O)c3ccoc3)CC2)ccc1[N+](=O)[O-]. The summed E-state index contributed by atoms with van der Waals surface area (Å²) in [6.07, 6.45) is 4.20. The Labute approximate surface area is 149 Å². The monoisotopic (exact) mass is 357 g/mol. The predicted octanol–water partition coefficient (Wildman–Crippen LogP) is 2.53. The molecule has 1 saturated heterocycles. The summed E-state index contributed by atoms with van der Waals surface area (Å²) in [5, 5.41) is 13.8. The van der Waals surface area contributed by atoms with Crippen LogP contribution in [0.1, 0.15) is 39.1 Å². The van der Waals surface area contributed by atoms with Crippen molar-refractivity contribution < 1.29 is 18.9 Å². The van der Waals surface area contributed by atoms with E-state index in [-0.39, 0.29) is 23.5 Å². The highest BCUT2D eigenvalue weighted by molar-refractivity contribution is 5.95. The van der Waals surface area contributed by atoms with E-state index in [1.807, 2.05) is 0 Å². The van der Waals surface area contributed by atoms with E-state index in [2.05, 4.69) is 5.32 Å². The number of carbonyl (C=O) groups excluding carboxylic acids is 2. The van der Waals surface area contributed by atoms with Gasteiger partial charge >= 0.3 is 0 Å². The summed E-state index contributed by atoms with van der Waals surface area (Å²) in [6.45, 7) is 2.71. The molecular formula is C18H19N3O5. The van der Waals surface area contributed by atoms with E-state index in [0.717, 1.165) is 0 Å². The fraction of sp³-hybridized carbons (Fsp3) is 0.333. The maximum absolute atomic E-state index is 12.4. The summed E-state index contributed by atoms with van der Waals surface area (Å²) in [4.78, 5) is 36.8. The summed E-state index contributed by atoms with van der Waals surface area (Å²) in [5.74, 6) is -0.336. The van der Waals surface area contributed by atoms with Crippen molar-refractivity contribution in [3.05, 3.63) is 63.6 Å². The van der Waals surface area contributed by atoms with Gasteiger partial charge in [0.05, 0.1) is 16.7 Å². The van der Waals surface area contributed by atoms with E-state index < -0.39 is 4.92 Å². The molecule has 1 aromatic carbocycles. The minimum Gasteiger partial charge on any atom is -0.472 e. The minimum absolute atomic E-state index is 0.00684. The molecule has 8 heteroatoms. The third kappa shape index (κ3) is 3.74. The highest BCUT2D eigenvalue weighted by Gasteiger charge is 2.25. The van der Waals surface area contributed by atoms with Gasteiger partial charge < -0.3 is 14.6 Å². The number of nitro groups is 1. The molecule has 0 spiro atoms. The number of hydrogen-bond acceptors (Lipinski definition) is 5. The van der Waals surface area contributed by atoms with Gasteiger partial charge in [0.1, 0.15) is 6.26 Å². The van der Waals surface area contributed by atoms with E-state index in [9.17, 15) is 19.7 Å². The molecule has 0 bridgehead atoms. The molecule has 1 N–H and O–H groups in total. The zero-order chi connectivity index (χ0) is 18.7. The topological polar surface area (TPSA) is 106 Å². The molecule has 0 saturated carbocycles. The van der Waals surface area contributed by atoms with Crippen LogP contribution in [0.15, 0.2) is 41.2 Å². The standard InChI is InChI=1S/C18H19N3O5/c1-12-10-13(2-3-16(12)21(24)25)17(22)19-15-4-7-20(8-5-15)18(23)14-6-9-26-11-14/h2-3,6,9-11,15H,4-5,7-8H2,1H3,(H,19,22). The maximum atomic E-state index is 12.4. The fourth-order valence-corrected chi connectivity index (χ4v) is 3.07. The van der Waals surface area contributed by atoms with Crippen molar-refractivity contribution in [2.45, 2.75) is 25.8 Å². The van der Waals surface area contributed by atoms with Gasteiger partial charge in [-0.15, -0.1) is 0 Å². The number of aryl methyl sites for hydroxylation is 1. The molecule has 1 aromatic heterocycles. The Morgan fingerprint density at radius 3 is 2.54 bits per heavy atom. The second-order valence-electron chi connectivity index (χ2n) is 6.31.